The molecule has 1 saturated heterocycles. The highest BCUT2D eigenvalue weighted by Gasteiger charge is 2.48. The first-order valence-electron chi connectivity index (χ1n) is 9.95. The van der Waals surface area contributed by atoms with Crippen LogP contribution in [-0.2, 0) is 20.2 Å². The molecule has 5 nitrogen and oxygen atoms in total. The molecule has 0 atom stereocenters. The van der Waals surface area contributed by atoms with Crippen molar-refractivity contribution in [2.24, 2.45) is 0 Å². The largest absolute Gasteiger partial charge is 0.339 e. The number of sulfonamides is 1. The van der Waals surface area contributed by atoms with Gasteiger partial charge in [-0.3, -0.25) is 4.79 Å². The first-order chi connectivity index (χ1) is 13.8. The molecule has 0 aromatic heterocycles. The van der Waals surface area contributed by atoms with Gasteiger partial charge in [0.25, 0.3) is 0 Å². The molecule has 0 spiro atoms. The minimum Gasteiger partial charge on any atom is -0.339 e. The molecule has 2 fully saturated rings. The molecule has 154 valence electrons. The Bertz CT molecular complexity index is 991. The summed E-state index contributed by atoms with van der Waals surface area (Å²) in [6.07, 6.45) is 2.46. The van der Waals surface area contributed by atoms with Crippen molar-refractivity contribution in [3.05, 3.63) is 65.5 Å². The number of amides is 1. The van der Waals surface area contributed by atoms with E-state index in [1.54, 1.807) is 41.3 Å². The summed E-state index contributed by atoms with van der Waals surface area (Å²) in [5, 5.41) is 0. The topological polar surface area (TPSA) is 57.7 Å². The smallest absolute Gasteiger partial charge is 0.243 e. The minimum absolute atomic E-state index is 0.0303. The molecule has 0 radical (unpaired) electrons. The second kappa shape index (κ2) is 7.54. The van der Waals surface area contributed by atoms with Crippen LogP contribution in [0.25, 0.3) is 0 Å². The van der Waals surface area contributed by atoms with Gasteiger partial charge < -0.3 is 4.90 Å². The molecule has 0 N–H and O–H groups in total. The van der Waals surface area contributed by atoms with Crippen LogP contribution in [0.15, 0.2) is 53.4 Å². The van der Waals surface area contributed by atoms with E-state index in [1.165, 1.54) is 16.4 Å². The van der Waals surface area contributed by atoms with Crippen LogP contribution in [0, 0.1) is 12.7 Å². The second-order valence-electron chi connectivity index (χ2n) is 7.95. The third-order valence-electron chi connectivity index (χ3n) is 6.20. The van der Waals surface area contributed by atoms with E-state index in [0.29, 0.717) is 13.1 Å². The molecule has 1 heterocycles. The first kappa shape index (κ1) is 20.0. The van der Waals surface area contributed by atoms with Crippen LogP contribution in [0.3, 0.4) is 0 Å². The third-order valence-corrected chi connectivity index (χ3v) is 8.11. The minimum atomic E-state index is -3.56. The highest BCUT2D eigenvalue weighted by Crippen LogP contribution is 2.45. The van der Waals surface area contributed by atoms with Gasteiger partial charge in [-0.15, -0.1) is 0 Å². The molecule has 2 aromatic rings. The van der Waals surface area contributed by atoms with Crippen molar-refractivity contribution in [3.63, 3.8) is 0 Å². The maximum absolute atomic E-state index is 13.3. The number of rotatable bonds is 4. The van der Waals surface area contributed by atoms with Crippen molar-refractivity contribution >= 4 is 15.9 Å². The number of hydrogen-bond donors (Lipinski definition) is 0. The summed E-state index contributed by atoms with van der Waals surface area (Å²) in [6.45, 7) is 3.21. The van der Waals surface area contributed by atoms with Gasteiger partial charge in [0.1, 0.15) is 5.82 Å². The lowest BCUT2D eigenvalue weighted by atomic mass is 9.63. The standard InChI is InChI=1S/C22H25FN2O3S/c1-17-3-9-20(10-4-17)29(27,28)25-15-13-24(14-16-25)21(26)22(11-2-12-22)18-5-7-19(23)8-6-18/h3-10H,2,11-16H2,1H3. The zero-order valence-electron chi connectivity index (χ0n) is 16.5. The van der Waals surface area contributed by atoms with Gasteiger partial charge in [0.15, 0.2) is 0 Å². The predicted molar refractivity (Wildman–Crippen MR) is 108 cm³/mol. The number of carbonyl (C=O) groups excluding carboxylic acids is 1. The van der Waals surface area contributed by atoms with E-state index in [9.17, 15) is 17.6 Å². The highest BCUT2D eigenvalue weighted by atomic mass is 32.2. The van der Waals surface area contributed by atoms with Gasteiger partial charge in [0.05, 0.1) is 10.3 Å². The van der Waals surface area contributed by atoms with Gasteiger partial charge in [0.2, 0.25) is 15.9 Å². The van der Waals surface area contributed by atoms with Gasteiger partial charge in [-0.05, 0) is 49.6 Å². The van der Waals surface area contributed by atoms with Crippen LogP contribution in [0.2, 0.25) is 0 Å². The molecule has 2 aromatic carbocycles. The molecule has 2 aliphatic rings. The van der Waals surface area contributed by atoms with E-state index < -0.39 is 15.4 Å². The molecule has 1 aliphatic heterocycles. The second-order valence-corrected chi connectivity index (χ2v) is 9.89. The number of carbonyl (C=O) groups is 1. The Morgan fingerprint density at radius 1 is 0.931 bits per heavy atom. The summed E-state index contributed by atoms with van der Waals surface area (Å²) >= 11 is 0. The summed E-state index contributed by atoms with van der Waals surface area (Å²) in [4.78, 5) is 15.4. The number of halogens is 1. The van der Waals surface area contributed by atoms with Gasteiger partial charge in [0, 0.05) is 26.2 Å². The fourth-order valence-corrected chi connectivity index (χ4v) is 5.64. The van der Waals surface area contributed by atoms with E-state index >= 15 is 0 Å². The van der Waals surface area contributed by atoms with Crippen LogP contribution in [0.5, 0.6) is 0 Å². The van der Waals surface area contributed by atoms with Gasteiger partial charge in [-0.2, -0.15) is 4.31 Å². The van der Waals surface area contributed by atoms with E-state index in [1.807, 2.05) is 6.92 Å². The summed E-state index contributed by atoms with van der Waals surface area (Å²) < 4.78 is 40.5. The average molecular weight is 417 g/mol. The fourth-order valence-electron chi connectivity index (χ4n) is 4.22. The van der Waals surface area contributed by atoms with Crippen molar-refractivity contribution in [3.8, 4) is 0 Å². The molecule has 1 saturated carbocycles. The maximum Gasteiger partial charge on any atom is 0.243 e. The number of piperazine rings is 1. The van der Waals surface area contributed by atoms with Crippen LogP contribution in [-0.4, -0.2) is 49.7 Å². The molecule has 29 heavy (non-hydrogen) atoms. The molecule has 1 aliphatic carbocycles. The Morgan fingerprint density at radius 3 is 2.03 bits per heavy atom. The summed E-state index contributed by atoms with van der Waals surface area (Å²) in [5.74, 6) is -0.284. The van der Waals surface area contributed by atoms with Gasteiger partial charge in [-0.25, -0.2) is 12.8 Å². The monoisotopic (exact) mass is 416 g/mol. The number of benzene rings is 2. The number of hydrogen-bond acceptors (Lipinski definition) is 3. The normalized spacial score (nSPS) is 19.6. The number of nitrogens with zero attached hydrogens (tertiary/aromatic N) is 2. The SMILES string of the molecule is Cc1ccc(S(=O)(=O)N2CCN(C(=O)C3(c4ccc(F)cc4)CCC3)CC2)cc1. The Labute approximate surface area is 171 Å². The van der Waals surface area contributed by atoms with E-state index in [4.69, 9.17) is 0 Å². The van der Waals surface area contributed by atoms with Gasteiger partial charge >= 0.3 is 0 Å². The van der Waals surface area contributed by atoms with Crippen molar-refractivity contribution < 1.29 is 17.6 Å². The lowest BCUT2D eigenvalue weighted by Gasteiger charge is -2.45. The van der Waals surface area contributed by atoms with Crippen LogP contribution in [0.1, 0.15) is 30.4 Å². The highest BCUT2D eigenvalue weighted by molar-refractivity contribution is 7.89. The Balaban J connectivity index is 1.47. The van der Waals surface area contributed by atoms with E-state index in [0.717, 1.165) is 30.4 Å². The lowest BCUT2D eigenvalue weighted by molar-refractivity contribution is -0.142. The maximum atomic E-state index is 13.3. The van der Waals surface area contributed by atoms with Gasteiger partial charge in [-0.1, -0.05) is 36.2 Å². The lowest BCUT2D eigenvalue weighted by Crippen LogP contribution is -2.57. The zero-order chi connectivity index (χ0) is 20.6. The van der Waals surface area contributed by atoms with Crippen molar-refractivity contribution in [2.75, 3.05) is 26.2 Å². The van der Waals surface area contributed by atoms with Crippen LogP contribution >= 0.6 is 0 Å². The summed E-state index contributed by atoms with van der Waals surface area (Å²) in [7, 11) is -3.56. The average Bonchev–Trinajstić information content (AvgIpc) is 2.69. The Morgan fingerprint density at radius 2 is 1.52 bits per heavy atom. The fraction of sp³-hybridized carbons (Fsp3) is 0.409. The van der Waals surface area contributed by atoms with E-state index in [2.05, 4.69) is 0 Å². The predicted octanol–water partition coefficient (Wildman–Crippen LogP) is 3.09. The zero-order valence-corrected chi connectivity index (χ0v) is 17.3. The molecule has 0 unspecified atom stereocenters. The third kappa shape index (κ3) is 3.57. The molecule has 0 bridgehead atoms. The quantitative estimate of drug-likeness (QED) is 0.770. The number of aryl methyl sites for hydroxylation is 1. The Hall–Kier alpha value is -2.25. The van der Waals surface area contributed by atoms with Crippen LogP contribution < -0.4 is 0 Å². The van der Waals surface area contributed by atoms with Crippen molar-refractivity contribution in [1.82, 2.24) is 9.21 Å². The van der Waals surface area contributed by atoms with Crippen LogP contribution in [0.4, 0.5) is 4.39 Å². The van der Waals surface area contributed by atoms with E-state index in [-0.39, 0.29) is 29.7 Å². The summed E-state index contributed by atoms with van der Waals surface area (Å²) in [6, 6.07) is 13.0. The summed E-state index contributed by atoms with van der Waals surface area (Å²) in [5.41, 5.74) is 1.27. The molecular weight excluding hydrogens is 391 g/mol. The Kier molecular flexibility index (Phi) is 5.21. The van der Waals surface area contributed by atoms with Crippen molar-refractivity contribution in [1.29, 1.82) is 0 Å². The molecule has 4 rings (SSSR count). The molecular formula is C22H25FN2O3S. The molecule has 1 amide bonds. The van der Waals surface area contributed by atoms with Crippen molar-refractivity contribution in [2.45, 2.75) is 36.5 Å². The first-order valence-corrected chi connectivity index (χ1v) is 11.4. The molecule has 7 heteroatoms.